The molecule has 116 valence electrons. The van der Waals surface area contributed by atoms with E-state index in [1.165, 1.54) is 6.07 Å². The molecule has 0 atom stereocenters. The van der Waals surface area contributed by atoms with Crippen LogP contribution in [0.2, 0.25) is 0 Å². The van der Waals surface area contributed by atoms with Crippen molar-refractivity contribution in [2.75, 3.05) is 0 Å². The summed E-state index contributed by atoms with van der Waals surface area (Å²) < 4.78 is 14.7. The third-order valence-electron chi connectivity index (χ3n) is 3.41. The summed E-state index contributed by atoms with van der Waals surface area (Å²) in [5.41, 5.74) is 1.30. The maximum absolute atomic E-state index is 13.7. The molecule has 23 heavy (non-hydrogen) atoms. The van der Waals surface area contributed by atoms with Gasteiger partial charge in [0, 0.05) is 9.13 Å². The Kier molecular flexibility index (Phi) is 4.42. The molecule has 1 aliphatic heterocycles. The Balaban J connectivity index is 1.84. The van der Waals surface area contributed by atoms with Gasteiger partial charge in [0.25, 0.3) is 5.91 Å². The number of hydrogen-bond acceptors (Lipinski definition) is 2. The normalized spacial score (nSPS) is 16.1. The predicted octanol–water partition coefficient (Wildman–Crippen LogP) is 3.52. The molecule has 0 unspecified atom stereocenters. The number of imide groups is 1. The van der Waals surface area contributed by atoms with E-state index in [9.17, 15) is 14.0 Å². The second-order valence-corrected chi connectivity index (χ2v) is 6.27. The van der Waals surface area contributed by atoms with Crippen molar-refractivity contribution in [3.63, 3.8) is 0 Å². The third-order valence-corrected chi connectivity index (χ3v) is 4.08. The van der Waals surface area contributed by atoms with Crippen LogP contribution in [0, 0.1) is 9.39 Å². The zero-order valence-electron chi connectivity index (χ0n) is 11.9. The SMILES string of the molecule is O=C1NC(=Cc2cccc(I)c2)C(=O)N1Cc1ccccc1F. The second-order valence-electron chi connectivity index (χ2n) is 5.03. The molecule has 0 radical (unpaired) electrons. The Morgan fingerprint density at radius 1 is 1.13 bits per heavy atom. The van der Waals surface area contributed by atoms with Gasteiger partial charge in [-0.3, -0.25) is 9.69 Å². The van der Waals surface area contributed by atoms with Gasteiger partial charge in [0.05, 0.1) is 6.54 Å². The number of nitrogens with one attached hydrogen (secondary N) is 1. The number of benzene rings is 2. The number of carbonyl (C=O) groups excluding carboxylic acids is 2. The van der Waals surface area contributed by atoms with Gasteiger partial charge >= 0.3 is 6.03 Å². The van der Waals surface area contributed by atoms with Crippen molar-refractivity contribution in [2.45, 2.75) is 6.54 Å². The van der Waals surface area contributed by atoms with E-state index in [2.05, 4.69) is 27.9 Å². The lowest BCUT2D eigenvalue weighted by molar-refractivity contribution is -0.123. The number of amides is 3. The molecule has 6 heteroatoms. The molecule has 0 aromatic heterocycles. The molecule has 2 aromatic rings. The molecule has 0 spiro atoms. The summed E-state index contributed by atoms with van der Waals surface area (Å²) in [6, 6.07) is 13.1. The monoisotopic (exact) mass is 422 g/mol. The summed E-state index contributed by atoms with van der Waals surface area (Å²) in [6.07, 6.45) is 1.61. The number of nitrogens with zero attached hydrogens (tertiary/aromatic N) is 1. The Bertz CT molecular complexity index is 820. The number of rotatable bonds is 3. The molecule has 3 amide bonds. The van der Waals surface area contributed by atoms with Crippen molar-refractivity contribution < 1.29 is 14.0 Å². The first-order chi connectivity index (χ1) is 11.0. The van der Waals surface area contributed by atoms with Gasteiger partial charge in [0.2, 0.25) is 0 Å². The molecule has 1 heterocycles. The maximum Gasteiger partial charge on any atom is 0.329 e. The van der Waals surface area contributed by atoms with Gasteiger partial charge in [-0.1, -0.05) is 30.3 Å². The summed E-state index contributed by atoms with van der Waals surface area (Å²) in [4.78, 5) is 25.4. The molecule has 1 saturated heterocycles. The van der Waals surface area contributed by atoms with Crippen LogP contribution >= 0.6 is 22.6 Å². The zero-order chi connectivity index (χ0) is 16.4. The van der Waals surface area contributed by atoms with Crippen molar-refractivity contribution in [3.05, 3.63) is 74.7 Å². The molecule has 0 aliphatic carbocycles. The number of carbonyl (C=O) groups is 2. The van der Waals surface area contributed by atoms with E-state index in [1.54, 1.807) is 24.3 Å². The summed E-state index contributed by atoms with van der Waals surface area (Å²) >= 11 is 2.17. The van der Waals surface area contributed by atoms with Gasteiger partial charge < -0.3 is 5.32 Å². The van der Waals surface area contributed by atoms with Crippen LogP contribution in [0.3, 0.4) is 0 Å². The fraction of sp³-hybridized carbons (Fsp3) is 0.0588. The van der Waals surface area contributed by atoms with Gasteiger partial charge in [-0.2, -0.15) is 0 Å². The minimum absolute atomic E-state index is 0.0962. The van der Waals surface area contributed by atoms with Crippen LogP contribution in [0.1, 0.15) is 11.1 Å². The molecule has 3 rings (SSSR count). The maximum atomic E-state index is 13.7. The largest absolute Gasteiger partial charge is 0.329 e. The van der Waals surface area contributed by atoms with E-state index in [0.29, 0.717) is 5.56 Å². The van der Waals surface area contributed by atoms with Crippen LogP contribution in [0.15, 0.2) is 54.2 Å². The van der Waals surface area contributed by atoms with Crippen LogP contribution in [-0.4, -0.2) is 16.8 Å². The Morgan fingerprint density at radius 2 is 1.91 bits per heavy atom. The van der Waals surface area contributed by atoms with E-state index in [4.69, 9.17) is 0 Å². The molecule has 0 bridgehead atoms. The third kappa shape index (κ3) is 3.42. The van der Waals surface area contributed by atoms with E-state index in [0.717, 1.165) is 14.0 Å². The van der Waals surface area contributed by atoms with Gasteiger partial charge in [0.15, 0.2) is 0 Å². The fourth-order valence-electron chi connectivity index (χ4n) is 2.28. The Labute approximate surface area is 146 Å². The van der Waals surface area contributed by atoms with Crippen LogP contribution in [0.25, 0.3) is 6.08 Å². The molecule has 2 aromatic carbocycles. The average Bonchev–Trinajstić information content (AvgIpc) is 2.77. The highest BCUT2D eigenvalue weighted by Crippen LogP contribution is 2.19. The minimum atomic E-state index is -0.546. The molecule has 1 aliphatic rings. The number of urea groups is 1. The van der Waals surface area contributed by atoms with E-state index >= 15 is 0 Å². The lowest BCUT2D eigenvalue weighted by Crippen LogP contribution is -2.30. The highest BCUT2D eigenvalue weighted by molar-refractivity contribution is 14.1. The van der Waals surface area contributed by atoms with Crippen LogP contribution in [0.4, 0.5) is 9.18 Å². The first-order valence-electron chi connectivity index (χ1n) is 6.88. The van der Waals surface area contributed by atoms with Crippen molar-refractivity contribution in [2.24, 2.45) is 0 Å². The highest BCUT2D eigenvalue weighted by atomic mass is 127. The molecule has 1 fully saturated rings. The molecule has 1 N–H and O–H groups in total. The Hall–Kier alpha value is -2.22. The smallest absolute Gasteiger partial charge is 0.303 e. The van der Waals surface area contributed by atoms with Gasteiger partial charge in [-0.15, -0.1) is 0 Å². The highest BCUT2D eigenvalue weighted by Gasteiger charge is 2.33. The van der Waals surface area contributed by atoms with Crippen LogP contribution in [0.5, 0.6) is 0 Å². The van der Waals surface area contributed by atoms with Gasteiger partial charge in [-0.25, -0.2) is 9.18 Å². The zero-order valence-corrected chi connectivity index (χ0v) is 14.1. The molecule has 4 nitrogen and oxygen atoms in total. The van der Waals surface area contributed by atoms with Crippen LogP contribution < -0.4 is 5.32 Å². The van der Waals surface area contributed by atoms with Crippen molar-refractivity contribution in [1.82, 2.24) is 10.2 Å². The first-order valence-corrected chi connectivity index (χ1v) is 7.96. The van der Waals surface area contributed by atoms with E-state index in [-0.39, 0.29) is 12.2 Å². The molecular weight excluding hydrogens is 410 g/mol. The minimum Gasteiger partial charge on any atom is -0.303 e. The van der Waals surface area contributed by atoms with E-state index in [1.807, 2.05) is 24.3 Å². The van der Waals surface area contributed by atoms with Gasteiger partial charge in [0.1, 0.15) is 11.5 Å². The summed E-state index contributed by atoms with van der Waals surface area (Å²) in [6.45, 7) is -0.0962. The lowest BCUT2D eigenvalue weighted by atomic mass is 10.2. The van der Waals surface area contributed by atoms with Crippen molar-refractivity contribution in [3.8, 4) is 0 Å². The van der Waals surface area contributed by atoms with Gasteiger partial charge in [-0.05, 0) is 52.4 Å². The summed E-state index contributed by atoms with van der Waals surface area (Å²) in [5.74, 6) is -0.903. The second kappa shape index (κ2) is 6.49. The fourth-order valence-corrected chi connectivity index (χ4v) is 2.84. The predicted molar refractivity (Wildman–Crippen MR) is 92.6 cm³/mol. The number of hydrogen-bond donors (Lipinski definition) is 1. The standard InChI is InChI=1S/C17H12FIN2O2/c18-14-7-2-1-5-12(14)10-21-16(22)15(20-17(21)23)9-11-4-3-6-13(19)8-11/h1-9H,10H2,(H,20,23). The van der Waals surface area contributed by atoms with E-state index < -0.39 is 17.8 Å². The summed E-state index contributed by atoms with van der Waals surface area (Å²) in [5, 5.41) is 2.54. The Morgan fingerprint density at radius 3 is 2.65 bits per heavy atom. The van der Waals surface area contributed by atoms with Crippen molar-refractivity contribution >= 4 is 40.6 Å². The quantitative estimate of drug-likeness (QED) is 0.468. The first kappa shape index (κ1) is 15.7. The number of halogens is 2. The molecule has 0 saturated carbocycles. The van der Waals surface area contributed by atoms with Crippen molar-refractivity contribution in [1.29, 1.82) is 0 Å². The lowest BCUT2D eigenvalue weighted by Gasteiger charge is -2.12. The molecular formula is C17H12FIN2O2. The summed E-state index contributed by atoms with van der Waals surface area (Å²) in [7, 11) is 0. The average molecular weight is 422 g/mol. The van der Waals surface area contributed by atoms with Crippen LogP contribution in [-0.2, 0) is 11.3 Å². The topological polar surface area (TPSA) is 49.4 Å².